The van der Waals surface area contributed by atoms with E-state index < -0.39 is 0 Å². The summed E-state index contributed by atoms with van der Waals surface area (Å²) in [7, 11) is 0. The summed E-state index contributed by atoms with van der Waals surface area (Å²) in [5.74, 6) is 2.12. The third kappa shape index (κ3) is 20.5. The fourth-order valence-corrected chi connectivity index (χ4v) is 2.09. The summed E-state index contributed by atoms with van der Waals surface area (Å²) < 4.78 is 8.38. The summed E-state index contributed by atoms with van der Waals surface area (Å²) in [5, 5.41) is 0. The monoisotopic (exact) mass is 314 g/mol. The minimum atomic E-state index is 0.125. The molecule has 0 aromatic rings. The summed E-state index contributed by atoms with van der Waals surface area (Å²) in [4.78, 5) is 0. The number of unbranched alkanes of at least 4 members (excludes halogenated alkanes) is 9. The third-order valence-corrected chi connectivity index (χ3v) is 3.20. The Labute approximate surface area is 122 Å². The molecule has 0 saturated carbocycles. The second-order valence-electron chi connectivity index (χ2n) is 3.98. The van der Waals surface area contributed by atoms with Gasteiger partial charge in [-0.1, -0.05) is 51.4 Å². The van der Waals surface area contributed by atoms with E-state index in [1.54, 1.807) is 0 Å². The Balaban J connectivity index is 0. The van der Waals surface area contributed by atoms with E-state index in [1.165, 1.54) is 64.2 Å². The molecular weight excluding hydrogens is 290 g/mol. The Hall–Kier alpha value is 1.12. The first kappa shape index (κ1) is 19.5. The molecule has 16 heavy (non-hydrogen) atoms. The first-order valence-electron chi connectivity index (χ1n) is 6.42. The second-order valence-corrected chi connectivity index (χ2v) is 4.88. The number of rotatable bonds is 11. The average molecular weight is 316 g/mol. The number of hydrogen-bond acceptors (Lipinski definition) is 3. The summed E-state index contributed by atoms with van der Waals surface area (Å²) in [6.07, 6.45) is 13.9. The molecule has 0 bridgehead atoms. The second kappa shape index (κ2) is 21.4. The van der Waals surface area contributed by atoms with Gasteiger partial charge in [-0.05, 0) is 24.3 Å². The molecule has 0 saturated heterocycles. The van der Waals surface area contributed by atoms with Crippen LogP contribution in [0.5, 0.6) is 0 Å². The molecule has 0 aliphatic carbocycles. The van der Waals surface area contributed by atoms with Crippen molar-refractivity contribution in [1.29, 1.82) is 0 Å². The summed E-state index contributed by atoms with van der Waals surface area (Å²) in [5.41, 5.74) is 0. The van der Waals surface area contributed by atoms with E-state index in [0.29, 0.717) is 0 Å². The van der Waals surface area contributed by atoms with Crippen LogP contribution < -0.4 is 0 Å². The molecular formula is C12H26OS2Zn. The molecule has 0 spiro atoms. The zero-order valence-electron chi connectivity index (χ0n) is 10.5. The van der Waals surface area contributed by atoms with Crippen molar-refractivity contribution in [3.05, 3.63) is 0 Å². The number of hydrogen-bond donors (Lipinski definition) is 2. The van der Waals surface area contributed by atoms with Gasteiger partial charge >= 0.3 is 21.8 Å². The molecule has 0 amide bonds. The van der Waals surface area contributed by atoms with Crippen LogP contribution in [0.1, 0.15) is 64.2 Å². The molecule has 0 radical (unpaired) electrons. The molecule has 94 valence electrons. The van der Waals surface area contributed by atoms with Crippen LogP contribution in [0.4, 0.5) is 0 Å². The Morgan fingerprint density at radius 2 is 0.688 bits per heavy atom. The van der Waals surface area contributed by atoms with Gasteiger partial charge in [0.15, 0.2) is 0 Å². The Bertz CT molecular complexity index is 103. The molecule has 4 heteroatoms. The van der Waals surface area contributed by atoms with Gasteiger partial charge in [0.05, 0.1) is 0 Å². The van der Waals surface area contributed by atoms with Gasteiger partial charge in [-0.3, -0.25) is 0 Å². The van der Waals surface area contributed by atoms with E-state index >= 15 is 0 Å². The van der Waals surface area contributed by atoms with Gasteiger partial charge < -0.3 is 0 Å². The van der Waals surface area contributed by atoms with Gasteiger partial charge in [-0.2, -0.15) is 25.3 Å². The first-order valence-corrected chi connectivity index (χ1v) is 8.90. The van der Waals surface area contributed by atoms with E-state index in [-0.39, 0.29) is 18.3 Å². The third-order valence-electron chi connectivity index (χ3n) is 2.57. The van der Waals surface area contributed by atoms with Crippen molar-refractivity contribution >= 4 is 25.3 Å². The summed E-state index contributed by atoms with van der Waals surface area (Å²) in [6.45, 7) is 0. The molecule has 0 N–H and O–H groups in total. The minimum absolute atomic E-state index is 0.125. The van der Waals surface area contributed by atoms with Crippen molar-refractivity contribution in [3.8, 4) is 0 Å². The van der Waals surface area contributed by atoms with Crippen LogP contribution in [0.3, 0.4) is 0 Å². The fourth-order valence-electron chi connectivity index (χ4n) is 1.64. The van der Waals surface area contributed by atoms with Crippen LogP contribution in [-0.2, 0) is 21.8 Å². The molecule has 0 fully saturated rings. The summed E-state index contributed by atoms with van der Waals surface area (Å²) >= 11 is 8.54. The van der Waals surface area contributed by atoms with Crippen molar-refractivity contribution in [3.63, 3.8) is 0 Å². The molecule has 0 aliphatic heterocycles. The number of thiol groups is 2. The normalized spacial score (nSPS) is 9.75. The van der Waals surface area contributed by atoms with Gasteiger partial charge in [-0.25, -0.2) is 0 Å². The van der Waals surface area contributed by atoms with E-state index in [0.717, 1.165) is 11.5 Å². The predicted octanol–water partition coefficient (Wildman–Crippen LogP) is 4.63. The maximum absolute atomic E-state index is 8.38. The van der Waals surface area contributed by atoms with Crippen LogP contribution >= 0.6 is 25.3 Å². The molecule has 0 aliphatic rings. The van der Waals surface area contributed by atoms with E-state index in [4.69, 9.17) is 3.57 Å². The van der Waals surface area contributed by atoms with Crippen LogP contribution in [0, 0.1) is 0 Å². The topological polar surface area (TPSA) is 17.1 Å². The predicted molar refractivity (Wildman–Crippen MR) is 74.6 cm³/mol. The van der Waals surface area contributed by atoms with E-state index in [9.17, 15) is 0 Å². The van der Waals surface area contributed by atoms with Gasteiger partial charge in [0.2, 0.25) is 0 Å². The quantitative estimate of drug-likeness (QED) is 0.323. The molecule has 1 nitrogen and oxygen atoms in total. The van der Waals surface area contributed by atoms with Crippen LogP contribution in [0.15, 0.2) is 0 Å². The Morgan fingerprint density at radius 1 is 0.500 bits per heavy atom. The molecule has 0 aromatic heterocycles. The van der Waals surface area contributed by atoms with Crippen molar-refractivity contribution < 1.29 is 21.8 Å². The SMILES string of the molecule is SCCCCCCCCCCCCS.[O]=[Zn]. The first-order chi connectivity index (χ1) is 7.91. The maximum atomic E-state index is 8.38. The fraction of sp³-hybridized carbons (Fsp3) is 1.00. The van der Waals surface area contributed by atoms with Gasteiger partial charge in [0, 0.05) is 0 Å². The summed E-state index contributed by atoms with van der Waals surface area (Å²) in [6, 6.07) is 0. The van der Waals surface area contributed by atoms with Crippen molar-refractivity contribution in [2.24, 2.45) is 0 Å². The van der Waals surface area contributed by atoms with Crippen molar-refractivity contribution in [2.75, 3.05) is 11.5 Å². The van der Waals surface area contributed by atoms with Crippen molar-refractivity contribution in [2.45, 2.75) is 64.2 Å². The van der Waals surface area contributed by atoms with Crippen LogP contribution in [0.25, 0.3) is 0 Å². The molecule has 0 atom stereocenters. The molecule has 0 aromatic carbocycles. The Morgan fingerprint density at radius 3 is 0.875 bits per heavy atom. The Kier molecular flexibility index (Phi) is 26.0. The molecule has 0 heterocycles. The zero-order valence-corrected chi connectivity index (χ0v) is 15.3. The molecule has 0 unspecified atom stereocenters. The average Bonchev–Trinajstić information content (AvgIpc) is 2.34. The van der Waals surface area contributed by atoms with Gasteiger partial charge in [0.1, 0.15) is 0 Å². The van der Waals surface area contributed by atoms with Gasteiger partial charge in [-0.15, -0.1) is 0 Å². The zero-order chi connectivity index (χ0) is 12.5. The van der Waals surface area contributed by atoms with Crippen LogP contribution in [0.2, 0.25) is 0 Å². The van der Waals surface area contributed by atoms with Gasteiger partial charge in [0.25, 0.3) is 0 Å². The van der Waals surface area contributed by atoms with E-state index in [2.05, 4.69) is 25.3 Å². The standard InChI is InChI=1S/C12H26S2.O.Zn/c13-11-9-7-5-3-1-2-4-6-8-10-12-14;;/h13-14H,1-12H2;;. The van der Waals surface area contributed by atoms with Crippen LogP contribution in [-0.4, -0.2) is 11.5 Å². The van der Waals surface area contributed by atoms with E-state index in [1.807, 2.05) is 0 Å². The molecule has 0 rings (SSSR count). The van der Waals surface area contributed by atoms with Crippen molar-refractivity contribution in [1.82, 2.24) is 0 Å².